The van der Waals surface area contributed by atoms with Gasteiger partial charge in [0.05, 0.1) is 13.2 Å². The maximum atomic E-state index is 11.0. The van der Waals surface area contributed by atoms with Crippen LogP contribution >= 0.6 is 0 Å². The predicted octanol–water partition coefficient (Wildman–Crippen LogP) is 1.00. The Bertz CT molecular complexity index is 366. The highest BCUT2D eigenvalue weighted by Crippen LogP contribution is 2.14. The Morgan fingerprint density at radius 1 is 1.56 bits per heavy atom. The van der Waals surface area contributed by atoms with Crippen LogP contribution in [0.25, 0.3) is 0 Å². The second-order valence-corrected chi connectivity index (χ2v) is 3.84. The van der Waals surface area contributed by atoms with Gasteiger partial charge in [-0.1, -0.05) is 12.1 Å². The molecule has 4 heteroatoms. The van der Waals surface area contributed by atoms with Gasteiger partial charge >= 0.3 is 0 Å². The quantitative estimate of drug-likeness (QED) is 0.808. The third-order valence-corrected chi connectivity index (χ3v) is 2.64. The van der Waals surface area contributed by atoms with Crippen molar-refractivity contribution in [2.24, 2.45) is 5.73 Å². The van der Waals surface area contributed by atoms with E-state index < -0.39 is 0 Å². The molecule has 1 unspecified atom stereocenters. The molecule has 0 saturated heterocycles. The zero-order valence-electron chi connectivity index (χ0n) is 9.93. The molecule has 0 fully saturated rings. The second-order valence-electron chi connectivity index (χ2n) is 3.84. The number of ether oxygens (including phenoxy) is 1. The van der Waals surface area contributed by atoms with Crippen LogP contribution in [0.2, 0.25) is 0 Å². The van der Waals surface area contributed by atoms with Gasteiger partial charge in [-0.25, -0.2) is 0 Å². The molecule has 88 valence electrons. The van der Waals surface area contributed by atoms with Gasteiger partial charge < -0.3 is 10.5 Å². The van der Waals surface area contributed by atoms with Crippen LogP contribution < -0.4 is 10.5 Å². The SMILES string of the molecule is COc1cccc(CN(C)C(C)C(N)=O)c1. The first-order valence-corrected chi connectivity index (χ1v) is 5.17. The van der Waals surface area contributed by atoms with Crippen molar-refractivity contribution < 1.29 is 9.53 Å². The molecule has 1 amide bonds. The molecule has 0 bridgehead atoms. The summed E-state index contributed by atoms with van der Waals surface area (Å²) in [6.45, 7) is 2.46. The fourth-order valence-corrected chi connectivity index (χ4v) is 1.41. The first-order chi connectivity index (χ1) is 7.54. The van der Waals surface area contributed by atoms with E-state index in [9.17, 15) is 4.79 Å². The number of hydrogen-bond acceptors (Lipinski definition) is 3. The van der Waals surface area contributed by atoms with Gasteiger partial charge in [0.15, 0.2) is 0 Å². The molecule has 16 heavy (non-hydrogen) atoms. The van der Waals surface area contributed by atoms with E-state index in [1.54, 1.807) is 14.0 Å². The van der Waals surface area contributed by atoms with Crippen molar-refractivity contribution in [2.75, 3.05) is 14.2 Å². The van der Waals surface area contributed by atoms with E-state index in [4.69, 9.17) is 10.5 Å². The topological polar surface area (TPSA) is 55.6 Å². The minimum Gasteiger partial charge on any atom is -0.497 e. The van der Waals surface area contributed by atoms with Crippen molar-refractivity contribution in [1.82, 2.24) is 4.90 Å². The fourth-order valence-electron chi connectivity index (χ4n) is 1.41. The minimum atomic E-state index is -0.314. The lowest BCUT2D eigenvalue weighted by molar-refractivity contribution is -0.122. The molecule has 0 radical (unpaired) electrons. The third kappa shape index (κ3) is 3.24. The average molecular weight is 222 g/mol. The molecule has 2 N–H and O–H groups in total. The summed E-state index contributed by atoms with van der Waals surface area (Å²) in [6.07, 6.45) is 0. The van der Waals surface area contributed by atoms with Crippen molar-refractivity contribution >= 4 is 5.91 Å². The molecule has 1 atom stereocenters. The summed E-state index contributed by atoms with van der Waals surface area (Å²) in [5.74, 6) is 0.503. The molecule has 1 rings (SSSR count). The fraction of sp³-hybridized carbons (Fsp3) is 0.417. The van der Waals surface area contributed by atoms with Crippen molar-refractivity contribution in [3.63, 3.8) is 0 Å². The second kappa shape index (κ2) is 5.51. The maximum absolute atomic E-state index is 11.0. The average Bonchev–Trinajstić information content (AvgIpc) is 2.28. The van der Waals surface area contributed by atoms with E-state index in [0.29, 0.717) is 6.54 Å². The largest absolute Gasteiger partial charge is 0.497 e. The molecule has 0 spiro atoms. The number of methoxy groups -OCH3 is 1. The van der Waals surface area contributed by atoms with Crippen molar-refractivity contribution in [1.29, 1.82) is 0 Å². The number of benzene rings is 1. The van der Waals surface area contributed by atoms with Crippen LogP contribution in [-0.2, 0) is 11.3 Å². The molecule has 0 aromatic heterocycles. The lowest BCUT2D eigenvalue weighted by Gasteiger charge is -2.22. The number of hydrogen-bond donors (Lipinski definition) is 1. The molecule has 0 aliphatic rings. The Morgan fingerprint density at radius 2 is 2.25 bits per heavy atom. The lowest BCUT2D eigenvalue weighted by atomic mass is 10.2. The van der Waals surface area contributed by atoms with Gasteiger partial charge in [0.2, 0.25) is 5.91 Å². The number of rotatable bonds is 5. The molecular formula is C12H18N2O2. The molecule has 0 aliphatic heterocycles. The first-order valence-electron chi connectivity index (χ1n) is 5.17. The summed E-state index contributed by atoms with van der Waals surface area (Å²) in [6, 6.07) is 7.49. The Balaban J connectivity index is 2.68. The number of nitrogens with zero attached hydrogens (tertiary/aromatic N) is 1. The van der Waals surface area contributed by atoms with Gasteiger partial charge in [0.1, 0.15) is 5.75 Å². The van der Waals surface area contributed by atoms with E-state index in [1.807, 2.05) is 36.2 Å². The van der Waals surface area contributed by atoms with Crippen LogP contribution in [0.15, 0.2) is 24.3 Å². The van der Waals surface area contributed by atoms with Crippen LogP contribution in [-0.4, -0.2) is 31.0 Å². The van der Waals surface area contributed by atoms with Gasteiger partial charge in [0, 0.05) is 6.54 Å². The zero-order chi connectivity index (χ0) is 12.1. The van der Waals surface area contributed by atoms with Crippen molar-refractivity contribution in [2.45, 2.75) is 19.5 Å². The highest BCUT2D eigenvalue weighted by Gasteiger charge is 2.14. The van der Waals surface area contributed by atoms with Crippen LogP contribution in [0.3, 0.4) is 0 Å². The standard InChI is InChI=1S/C12H18N2O2/c1-9(12(13)15)14(2)8-10-5-4-6-11(7-10)16-3/h4-7,9H,8H2,1-3H3,(H2,13,15). The molecule has 0 saturated carbocycles. The summed E-state index contributed by atoms with van der Waals surface area (Å²) < 4.78 is 5.13. The Morgan fingerprint density at radius 3 is 2.81 bits per heavy atom. The van der Waals surface area contributed by atoms with Crippen LogP contribution in [0.1, 0.15) is 12.5 Å². The van der Waals surface area contributed by atoms with Crippen LogP contribution in [0.4, 0.5) is 0 Å². The summed E-state index contributed by atoms with van der Waals surface area (Å²) in [4.78, 5) is 12.9. The third-order valence-electron chi connectivity index (χ3n) is 2.64. The Kier molecular flexibility index (Phi) is 4.31. The number of amides is 1. The number of carbonyl (C=O) groups is 1. The molecule has 0 heterocycles. The molecular weight excluding hydrogens is 204 g/mol. The van der Waals surface area contributed by atoms with E-state index in [0.717, 1.165) is 11.3 Å². The highest BCUT2D eigenvalue weighted by atomic mass is 16.5. The van der Waals surface area contributed by atoms with Crippen molar-refractivity contribution in [3.05, 3.63) is 29.8 Å². The van der Waals surface area contributed by atoms with Gasteiger partial charge in [-0.15, -0.1) is 0 Å². The van der Waals surface area contributed by atoms with Crippen molar-refractivity contribution in [3.8, 4) is 5.75 Å². The van der Waals surface area contributed by atoms with Gasteiger partial charge in [-0.3, -0.25) is 9.69 Å². The van der Waals surface area contributed by atoms with E-state index in [1.165, 1.54) is 0 Å². The van der Waals surface area contributed by atoms with Crippen LogP contribution in [0.5, 0.6) is 5.75 Å². The normalized spacial score (nSPS) is 12.5. The molecule has 1 aromatic carbocycles. The zero-order valence-corrected chi connectivity index (χ0v) is 9.93. The summed E-state index contributed by atoms with van der Waals surface area (Å²) >= 11 is 0. The van der Waals surface area contributed by atoms with E-state index >= 15 is 0 Å². The lowest BCUT2D eigenvalue weighted by Crippen LogP contribution is -2.39. The van der Waals surface area contributed by atoms with E-state index in [2.05, 4.69) is 0 Å². The summed E-state index contributed by atoms with van der Waals surface area (Å²) in [7, 11) is 3.50. The highest BCUT2D eigenvalue weighted by molar-refractivity contribution is 5.79. The summed E-state index contributed by atoms with van der Waals surface area (Å²) in [5.41, 5.74) is 6.33. The monoisotopic (exact) mass is 222 g/mol. The van der Waals surface area contributed by atoms with E-state index in [-0.39, 0.29) is 11.9 Å². The smallest absolute Gasteiger partial charge is 0.234 e. The number of likely N-dealkylation sites (N-methyl/N-ethyl adjacent to an activating group) is 1. The van der Waals surface area contributed by atoms with Gasteiger partial charge in [0.25, 0.3) is 0 Å². The maximum Gasteiger partial charge on any atom is 0.234 e. The number of nitrogens with two attached hydrogens (primary N) is 1. The number of carbonyl (C=O) groups excluding carboxylic acids is 1. The predicted molar refractivity (Wildman–Crippen MR) is 63.1 cm³/mol. The Hall–Kier alpha value is -1.55. The summed E-state index contributed by atoms with van der Waals surface area (Å²) in [5, 5.41) is 0. The first kappa shape index (κ1) is 12.5. The number of primary amides is 1. The van der Waals surface area contributed by atoms with Gasteiger partial charge in [-0.2, -0.15) is 0 Å². The molecule has 4 nitrogen and oxygen atoms in total. The molecule has 1 aromatic rings. The molecule has 0 aliphatic carbocycles. The van der Waals surface area contributed by atoms with Gasteiger partial charge in [-0.05, 0) is 31.7 Å². The Labute approximate surface area is 96.0 Å². The minimum absolute atomic E-state index is 0.272. The van der Waals surface area contributed by atoms with Crippen LogP contribution in [0, 0.1) is 0 Å².